The maximum absolute atomic E-state index is 13.3. The number of alkyl halides is 2. The Morgan fingerprint density at radius 2 is 1.98 bits per heavy atom. The summed E-state index contributed by atoms with van der Waals surface area (Å²) < 4.78 is 49.8. The van der Waals surface area contributed by atoms with Crippen LogP contribution in [0, 0.1) is 0 Å². The molecule has 1 aliphatic carbocycles. The number of benzene rings is 1. The Hall–Kier alpha value is -4.13. The maximum atomic E-state index is 13.3. The van der Waals surface area contributed by atoms with E-state index in [0.29, 0.717) is 35.6 Å². The molecule has 3 aromatic rings. The lowest BCUT2D eigenvalue weighted by molar-refractivity contribution is -0.0502. The van der Waals surface area contributed by atoms with Gasteiger partial charge in [0.1, 0.15) is 46.3 Å². The van der Waals surface area contributed by atoms with Gasteiger partial charge in [-0.15, -0.1) is 0 Å². The number of pyridine rings is 1. The van der Waals surface area contributed by atoms with Crippen LogP contribution >= 0.6 is 0 Å². The molecule has 2 fully saturated rings. The number of amides is 2. The average molecular weight is 591 g/mol. The van der Waals surface area contributed by atoms with Crippen molar-refractivity contribution in [1.82, 2.24) is 19.6 Å². The van der Waals surface area contributed by atoms with E-state index in [1.807, 2.05) is 0 Å². The summed E-state index contributed by atoms with van der Waals surface area (Å²) in [6, 6.07) is 6.28. The molecule has 0 bridgehead atoms. The van der Waals surface area contributed by atoms with Gasteiger partial charge >= 0.3 is 12.7 Å². The number of halogens is 2. The molecule has 1 saturated heterocycles. The molecule has 1 aromatic carbocycles. The highest BCUT2D eigenvalue weighted by molar-refractivity contribution is 6.01. The monoisotopic (exact) mass is 590 g/mol. The third-order valence-corrected chi connectivity index (χ3v) is 6.91. The molecule has 42 heavy (non-hydrogen) atoms. The summed E-state index contributed by atoms with van der Waals surface area (Å²) in [7, 11) is 1.35. The van der Waals surface area contributed by atoms with Crippen LogP contribution in [0.3, 0.4) is 0 Å². The van der Waals surface area contributed by atoms with Crippen molar-refractivity contribution in [2.75, 3.05) is 26.8 Å². The van der Waals surface area contributed by atoms with E-state index in [0.717, 1.165) is 12.8 Å². The Kier molecular flexibility index (Phi) is 7.88. The van der Waals surface area contributed by atoms with Crippen LogP contribution in [-0.4, -0.2) is 82.1 Å². The largest absolute Gasteiger partial charge is 0.496 e. The number of fused-ring (bicyclic) bond motifs is 1. The molecule has 1 aliphatic heterocycles. The number of methoxy groups -OCH3 is 1. The van der Waals surface area contributed by atoms with Gasteiger partial charge in [0.2, 0.25) is 0 Å². The number of imidazole rings is 1. The second-order valence-electron chi connectivity index (χ2n) is 11.6. The Labute approximate surface area is 242 Å². The molecule has 0 spiro atoms. The van der Waals surface area contributed by atoms with Crippen LogP contribution < -0.4 is 19.5 Å². The molecule has 13 heteroatoms. The van der Waals surface area contributed by atoms with E-state index >= 15 is 0 Å². The van der Waals surface area contributed by atoms with Crippen molar-refractivity contribution in [3.8, 4) is 28.5 Å². The molecule has 5 rings (SSSR count). The van der Waals surface area contributed by atoms with E-state index < -0.39 is 29.8 Å². The Bertz CT molecular complexity index is 1490. The van der Waals surface area contributed by atoms with Crippen molar-refractivity contribution in [3.05, 3.63) is 42.2 Å². The van der Waals surface area contributed by atoms with E-state index in [-0.39, 0.29) is 37.7 Å². The average Bonchev–Trinajstić information content (AvgIpc) is 3.47. The van der Waals surface area contributed by atoms with Crippen molar-refractivity contribution < 1.29 is 43.9 Å². The van der Waals surface area contributed by atoms with Crippen molar-refractivity contribution in [1.29, 1.82) is 0 Å². The summed E-state index contributed by atoms with van der Waals surface area (Å²) in [5.74, 6) is -0.330. The molecule has 1 unspecified atom stereocenters. The summed E-state index contributed by atoms with van der Waals surface area (Å²) in [4.78, 5) is 31.1. The zero-order chi connectivity index (χ0) is 30.2. The second-order valence-corrected chi connectivity index (χ2v) is 11.6. The lowest BCUT2D eigenvalue weighted by Gasteiger charge is -2.26. The Morgan fingerprint density at radius 1 is 1.24 bits per heavy atom. The molecule has 228 valence electrons. The van der Waals surface area contributed by atoms with Crippen LogP contribution in [0.15, 0.2) is 36.7 Å². The second kappa shape index (κ2) is 11.3. The van der Waals surface area contributed by atoms with Gasteiger partial charge < -0.3 is 34.3 Å². The molecule has 0 radical (unpaired) electrons. The highest BCUT2D eigenvalue weighted by Crippen LogP contribution is 2.37. The summed E-state index contributed by atoms with van der Waals surface area (Å²) >= 11 is 0. The number of rotatable bonds is 9. The number of likely N-dealkylation sites (tertiary alicyclic amines) is 1. The van der Waals surface area contributed by atoms with Crippen molar-refractivity contribution in [3.63, 3.8) is 0 Å². The Balaban J connectivity index is 0.00000423. The molecule has 2 N–H and O–H groups in total. The van der Waals surface area contributed by atoms with Crippen LogP contribution in [0.5, 0.6) is 17.2 Å². The SMILES string of the molecule is COc1cc(-c2cnc3cc(OCC4(O)CCN(C(=O)OC(C)(C)C)C4)ccn23)cc(OC(F)F)c1C(=O)NC1CC1.[HH]. The minimum absolute atomic E-state index is 0. The number of hydrogen-bond donors (Lipinski definition) is 2. The molecule has 2 amide bonds. The van der Waals surface area contributed by atoms with Crippen molar-refractivity contribution in [2.24, 2.45) is 0 Å². The predicted molar refractivity (Wildman–Crippen MR) is 149 cm³/mol. The van der Waals surface area contributed by atoms with Gasteiger partial charge in [-0.1, -0.05) is 0 Å². The Morgan fingerprint density at radius 3 is 2.64 bits per heavy atom. The molecule has 2 aromatic heterocycles. The predicted octanol–water partition coefficient (Wildman–Crippen LogP) is 4.50. The first kappa shape index (κ1) is 29.4. The van der Waals surface area contributed by atoms with Crippen molar-refractivity contribution in [2.45, 2.75) is 63.9 Å². The van der Waals surface area contributed by atoms with Gasteiger partial charge in [0.05, 0.1) is 25.5 Å². The number of hydrogen-bond acceptors (Lipinski definition) is 8. The minimum Gasteiger partial charge on any atom is -0.496 e. The van der Waals surface area contributed by atoms with Gasteiger partial charge in [0.25, 0.3) is 5.91 Å². The minimum atomic E-state index is -3.15. The van der Waals surface area contributed by atoms with Gasteiger partial charge in [0, 0.05) is 31.8 Å². The normalized spacial score (nSPS) is 18.8. The zero-order valence-electron chi connectivity index (χ0n) is 23.9. The number of aliphatic hydroxyl groups is 1. The van der Waals surface area contributed by atoms with Crippen LogP contribution in [0.25, 0.3) is 16.9 Å². The van der Waals surface area contributed by atoms with Crippen molar-refractivity contribution >= 4 is 17.6 Å². The molecule has 1 atom stereocenters. The van der Waals surface area contributed by atoms with Gasteiger partial charge in [-0.3, -0.25) is 9.20 Å². The summed E-state index contributed by atoms with van der Waals surface area (Å²) in [6.07, 6.45) is 4.74. The first-order valence-corrected chi connectivity index (χ1v) is 13.6. The lowest BCUT2D eigenvalue weighted by Crippen LogP contribution is -2.42. The zero-order valence-corrected chi connectivity index (χ0v) is 23.9. The van der Waals surface area contributed by atoms with Crippen LogP contribution in [0.4, 0.5) is 13.6 Å². The summed E-state index contributed by atoms with van der Waals surface area (Å²) in [5.41, 5.74) is -0.522. The molecule has 2 aliphatic rings. The smallest absolute Gasteiger partial charge is 0.410 e. The number of nitrogens with zero attached hydrogens (tertiary/aromatic N) is 3. The summed E-state index contributed by atoms with van der Waals surface area (Å²) in [6.45, 7) is 2.57. The first-order valence-electron chi connectivity index (χ1n) is 13.6. The number of carbonyl (C=O) groups is 2. The van der Waals surface area contributed by atoms with Gasteiger partial charge in [-0.2, -0.15) is 8.78 Å². The fourth-order valence-corrected chi connectivity index (χ4v) is 4.74. The standard InChI is InChI=1S/C29H34F2N4O7.H2/c1-28(2,3)42-27(37)34-10-8-29(38,15-34)16-40-19-7-9-35-20(14-32-23(35)13-19)17-11-21(39-4)24(22(12-17)41-26(30)31)25(36)33-18-5-6-18;/h7,9,11-14,18,26,38H,5-6,8,10,15-16H2,1-4H3,(H,33,36);1H. The first-order chi connectivity index (χ1) is 19.8. The molecule has 3 heterocycles. The third kappa shape index (κ3) is 6.67. The fraction of sp³-hybridized carbons (Fsp3) is 0.483. The summed E-state index contributed by atoms with van der Waals surface area (Å²) in [5, 5.41) is 13.8. The van der Waals surface area contributed by atoms with E-state index in [2.05, 4.69) is 10.3 Å². The lowest BCUT2D eigenvalue weighted by atomic mass is 10.1. The number of nitrogens with one attached hydrogen (secondary N) is 1. The molecular formula is C29H36F2N4O7. The number of β-amino-alcohol motifs (C(OH)–C–C–N with tert-alkyl or cyclic N) is 1. The molecule has 11 nitrogen and oxygen atoms in total. The molecular weight excluding hydrogens is 554 g/mol. The highest BCUT2D eigenvalue weighted by atomic mass is 19.3. The maximum Gasteiger partial charge on any atom is 0.410 e. The van der Waals surface area contributed by atoms with E-state index in [1.165, 1.54) is 18.1 Å². The quantitative estimate of drug-likeness (QED) is 0.374. The van der Waals surface area contributed by atoms with Crippen LogP contribution in [0.1, 0.15) is 51.8 Å². The van der Waals surface area contributed by atoms with Gasteiger partial charge in [-0.25, -0.2) is 9.78 Å². The van der Waals surface area contributed by atoms with E-state index in [4.69, 9.17) is 18.9 Å². The van der Waals surface area contributed by atoms with E-state index in [1.54, 1.807) is 55.8 Å². The highest BCUT2D eigenvalue weighted by Gasteiger charge is 2.40. The fourth-order valence-electron chi connectivity index (χ4n) is 4.74. The number of carbonyl (C=O) groups excluding carboxylic acids is 2. The van der Waals surface area contributed by atoms with Crippen LogP contribution in [0.2, 0.25) is 0 Å². The number of ether oxygens (including phenoxy) is 4. The van der Waals surface area contributed by atoms with Gasteiger partial charge in [-0.05, 0) is 58.2 Å². The number of aromatic nitrogens is 2. The van der Waals surface area contributed by atoms with Crippen LogP contribution in [-0.2, 0) is 4.74 Å². The van der Waals surface area contributed by atoms with E-state index in [9.17, 15) is 23.5 Å². The molecule has 1 saturated carbocycles. The topological polar surface area (TPSA) is 124 Å². The van der Waals surface area contributed by atoms with Gasteiger partial charge in [0.15, 0.2) is 0 Å². The third-order valence-electron chi connectivity index (χ3n) is 6.91.